The van der Waals surface area contributed by atoms with Crippen LogP contribution < -0.4 is 15.4 Å². The monoisotopic (exact) mass is 354 g/mol. The second kappa shape index (κ2) is 10.1. The summed E-state index contributed by atoms with van der Waals surface area (Å²) in [4.78, 5) is 18.2. The lowest BCUT2D eigenvalue weighted by Gasteiger charge is -2.22. The van der Waals surface area contributed by atoms with Crippen LogP contribution in [0.15, 0.2) is 59.6 Å². The molecule has 0 spiro atoms. The van der Waals surface area contributed by atoms with Gasteiger partial charge in [-0.2, -0.15) is 0 Å². The molecule has 0 aromatic heterocycles. The number of hydrogen-bond acceptors (Lipinski definition) is 3. The molecule has 2 aromatic carbocycles. The normalized spacial score (nSPS) is 11.0. The molecule has 0 aliphatic carbocycles. The number of methoxy groups -OCH3 is 1. The lowest BCUT2D eigenvalue weighted by Crippen LogP contribution is -2.43. The molecule has 0 bridgehead atoms. The molecular weight excluding hydrogens is 328 g/mol. The van der Waals surface area contributed by atoms with Crippen molar-refractivity contribution in [3.05, 3.63) is 65.7 Å². The predicted octanol–water partition coefficient (Wildman–Crippen LogP) is 2.02. The third-order valence-electron chi connectivity index (χ3n) is 3.89. The summed E-state index contributed by atoms with van der Waals surface area (Å²) < 4.78 is 5.17. The first kappa shape index (κ1) is 19.3. The molecule has 6 heteroatoms. The number of carbonyl (C=O) groups is 1. The van der Waals surface area contributed by atoms with Gasteiger partial charge in [0.15, 0.2) is 5.96 Å². The quantitative estimate of drug-likeness (QED) is 0.590. The minimum Gasteiger partial charge on any atom is -0.497 e. The molecule has 6 nitrogen and oxygen atoms in total. The van der Waals surface area contributed by atoms with Crippen molar-refractivity contribution in [3.63, 3.8) is 0 Å². The van der Waals surface area contributed by atoms with E-state index in [0.717, 1.165) is 16.9 Å². The van der Waals surface area contributed by atoms with Crippen LogP contribution in [0.25, 0.3) is 0 Å². The summed E-state index contributed by atoms with van der Waals surface area (Å²) in [5.41, 5.74) is 2.20. The van der Waals surface area contributed by atoms with Gasteiger partial charge < -0.3 is 20.3 Å². The fraction of sp³-hybridized carbons (Fsp3) is 0.300. The van der Waals surface area contributed by atoms with Crippen molar-refractivity contribution < 1.29 is 9.53 Å². The van der Waals surface area contributed by atoms with Crippen molar-refractivity contribution in [1.29, 1.82) is 0 Å². The number of hydrogen-bond donors (Lipinski definition) is 2. The van der Waals surface area contributed by atoms with Crippen molar-refractivity contribution in [2.24, 2.45) is 4.99 Å². The van der Waals surface area contributed by atoms with Gasteiger partial charge in [0.2, 0.25) is 5.91 Å². The van der Waals surface area contributed by atoms with Gasteiger partial charge in [-0.25, -0.2) is 0 Å². The number of nitrogens with zero attached hydrogens (tertiary/aromatic N) is 2. The Bertz CT molecular complexity index is 714. The van der Waals surface area contributed by atoms with Gasteiger partial charge in [0.25, 0.3) is 0 Å². The number of amides is 1. The molecule has 0 saturated carbocycles. The first-order chi connectivity index (χ1) is 12.6. The molecule has 2 N–H and O–H groups in total. The predicted molar refractivity (Wildman–Crippen MR) is 104 cm³/mol. The van der Waals surface area contributed by atoms with E-state index < -0.39 is 0 Å². The second-order valence-corrected chi connectivity index (χ2v) is 5.87. The Morgan fingerprint density at radius 2 is 1.73 bits per heavy atom. The second-order valence-electron chi connectivity index (χ2n) is 5.87. The van der Waals surface area contributed by atoms with Crippen LogP contribution in [0.5, 0.6) is 5.75 Å². The molecule has 1 amide bonds. The summed E-state index contributed by atoms with van der Waals surface area (Å²) in [6.07, 6.45) is 0. The molecule has 0 aliphatic rings. The van der Waals surface area contributed by atoms with E-state index in [4.69, 9.17) is 4.74 Å². The Morgan fingerprint density at radius 1 is 1.04 bits per heavy atom. The Morgan fingerprint density at radius 3 is 2.35 bits per heavy atom. The Kier molecular flexibility index (Phi) is 7.49. The number of benzene rings is 2. The first-order valence-corrected chi connectivity index (χ1v) is 8.47. The maximum Gasteiger partial charge on any atom is 0.239 e. The maximum atomic E-state index is 12.0. The molecule has 0 aliphatic heterocycles. The molecule has 26 heavy (non-hydrogen) atoms. The van der Waals surface area contributed by atoms with Crippen molar-refractivity contribution >= 4 is 11.9 Å². The van der Waals surface area contributed by atoms with E-state index in [9.17, 15) is 4.79 Å². The van der Waals surface area contributed by atoms with E-state index in [0.29, 0.717) is 19.0 Å². The smallest absolute Gasteiger partial charge is 0.239 e. The highest BCUT2D eigenvalue weighted by atomic mass is 16.5. The van der Waals surface area contributed by atoms with Crippen molar-refractivity contribution in [2.75, 3.05) is 27.7 Å². The molecule has 2 aromatic rings. The molecule has 0 atom stereocenters. The van der Waals surface area contributed by atoms with Gasteiger partial charge in [0.05, 0.1) is 13.7 Å². The van der Waals surface area contributed by atoms with E-state index in [1.54, 1.807) is 14.2 Å². The molecule has 0 saturated heterocycles. The number of carbonyl (C=O) groups excluding carboxylic acids is 1. The van der Waals surface area contributed by atoms with Gasteiger partial charge in [-0.1, -0.05) is 42.5 Å². The first-order valence-electron chi connectivity index (χ1n) is 8.47. The van der Waals surface area contributed by atoms with Gasteiger partial charge >= 0.3 is 0 Å². The summed E-state index contributed by atoms with van der Waals surface area (Å²) in [6.45, 7) is 1.36. The van der Waals surface area contributed by atoms with E-state index >= 15 is 0 Å². The van der Waals surface area contributed by atoms with Crippen LogP contribution in [0.4, 0.5) is 0 Å². The van der Waals surface area contributed by atoms with Gasteiger partial charge in [-0.05, 0) is 23.3 Å². The zero-order chi connectivity index (χ0) is 18.8. The molecule has 138 valence electrons. The minimum atomic E-state index is -0.0761. The zero-order valence-corrected chi connectivity index (χ0v) is 15.5. The molecule has 0 unspecified atom stereocenters. The van der Waals surface area contributed by atoms with Crippen LogP contribution in [0.1, 0.15) is 11.1 Å². The highest BCUT2D eigenvalue weighted by Crippen LogP contribution is 2.12. The highest BCUT2D eigenvalue weighted by Gasteiger charge is 2.09. The third-order valence-corrected chi connectivity index (χ3v) is 3.89. The molecule has 0 heterocycles. The van der Waals surface area contributed by atoms with Gasteiger partial charge in [0, 0.05) is 27.2 Å². The average Bonchev–Trinajstić information content (AvgIpc) is 2.68. The topological polar surface area (TPSA) is 66.0 Å². The fourth-order valence-corrected chi connectivity index (χ4v) is 2.48. The number of ether oxygens (including phenoxy) is 1. The third kappa shape index (κ3) is 6.12. The molecular formula is C20H26N4O2. The van der Waals surface area contributed by atoms with Crippen LogP contribution in [0.2, 0.25) is 0 Å². The van der Waals surface area contributed by atoms with Crippen LogP contribution in [-0.2, 0) is 17.9 Å². The average molecular weight is 354 g/mol. The van der Waals surface area contributed by atoms with Crippen LogP contribution in [0.3, 0.4) is 0 Å². The van der Waals surface area contributed by atoms with Crippen LogP contribution in [-0.4, -0.2) is 44.5 Å². The van der Waals surface area contributed by atoms with Crippen LogP contribution in [0, 0.1) is 0 Å². The Labute approximate surface area is 154 Å². The molecule has 0 fully saturated rings. The molecule has 0 radical (unpaired) electrons. The SMILES string of the molecule is CN=C(NCC(=O)NCc1ccccc1)N(C)Cc1ccc(OC)cc1. The zero-order valence-electron chi connectivity index (χ0n) is 15.5. The number of rotatable bonds is 7. The van der Waals surface area contributed by atoms with Gasteiger partial charge in [0.1, 0.15) is 5.75 Å². The van der Waals surface area contributed by atoms with Crippen molar-refractivity contribution in [1.82, 2.24) is 15.5 Å². The van der Waals surface area contributed by atoms with Crippen LogP contribution >= 0.6 is 0 Å². The molecule has 2 rings (SSSR count). The van der Waals surface area contributed by atoms with E-state index in [2.05, 4.69) is 15.6 Å². The summed E-state index contributed by atoms with van der Waals surface area (Å²) >= 11 is 0. The Balaban J connectivity index is 1.79. The van der Waals surface area contributed by atoms with Crippen molar-refractivity contribution in [3.8, 4) is 5.75 Å². The maximum absolute atomic E-state index is 12.0. The largest absolute Gasteiger partial charge is 0.497 e. The van der Waals surface area contributed by atoms with E-state index in [1.165, 1.54) is 0 Å². The fourth-order valence-electron chi connectivity index (χ4n) is 2.48. The standard InChI is InChI=1S/C20H26N4O2/c1-21-20(24(2)15-17-9-11-18(26-3)12-10-17)23-14-19(25)22-13-16-7-5-4-6-8-16/h4-12H,13-15H2,1-3H3,(H,21,23)(H,22,25). The lowest BCUT2D eigenvalue weighted by molar-refractivity contribution is -0.120. The van der Waals surface area contributed by atoms with E-state index in [1.807, 2.05) is 66.5 Å². The van der Waals surface area contributed by atoms with Gasteiger partial charge in [-0.3, -0.25) is 9.79 Å². The summed E-state index contributed by atoms with van der Waals surface area (Å²) in [5.74, 6) is 1.41. The number of aliphatic imine (C=N–C) groups is 1. The number of nitrogens with one attached hydrogen (secondary N) is 2. The Hall–Kier alpha value is -3.02. The summed E-state index contributed by atoms with van der Waals surface area (Å²) in [5, 5.41) is 5.98. The van der Waals surface area contributed by atoms with Crippen molar-refractivity contribution in [2.45, 2.75) is 13.1 Å². The minimum absolute atomic E-state index is 0.0761. The lowest BCUT2D eigenvalue weighted by atomic mass is 10.2. The highest BCUT2D eigenvalue weighted by molar-refractivity contribution is 5.86. The summed E-state index contributed by atoms with van der Waals surface area (Å²) in [6, 6.07) is 17.7. The van der Waals surface area contributed by atoms with Gasteiger partial charge in [-0.15, -0.1) is 0 Å². The van der Waals surface area contributed by atoms with E-state index in [-0.39, 0.29) is 12.5 Å². The number of guanidine groups is 1. The summed E-state index contributed by atoms with van der Waals surface area (Å²) in [7, 11) is 5.28.